The summed E-state index contributed by atoms with van der Waals surface area (Å²) >= 11 is 0. The number of halogens is 3. The molecular formula is C15H13F3N2O5. The van der Waals surface area contributed by atoms with Gasteiger partial charge in [-0.1, -0.05) is 20.8 Å². The van der Waals surface area contributed by atoms with E-state index < -0.39 is 50.8 Å². The third kappa shape index (κ3) is 4.94. The maximum absolute atomic E-state index is 12.2. The van der Waals surface area contributed by atoms with E-state index in [4.69, 9.17) is 5.26 Å². The molecule has 0 radical (unpaired) electrons. The lowest BCUT2D eigenvalue weighted by Gasteiger charge is -2.16. The first-order valence-corrected chi connectivity index (χ1v) is 6.70. The van der Waals surface area contributed by atoms with E-state index in [2.05, 4.69) is 4.74 Å². The van der Waals surface area contributed by atoms with Crippen molar-refractivity contribution < 1.29 is 32.7 Å². The summed E-state index contributed by atoms with van der Waals surface area (Å²) in [5, 5.41) is 30.3. The number of hydrogen-bond acceptors (Lipinski definition) is 6. The van der Waals surface area contributed by atoms with Crippen molar-refractivity contribution in [2.24, 2.45) is 5.41 Å². The van der Waals surface area contributed by atoms with Crippen LogP contribution in [0.1, 0.15) is 26.3 Å². The average Bonchev–Trinajstić information content (AvgIpc) is 2.44. The Balaban J connectivity index is 3.55. The first-order valence-electron chi connectivity index (χ1n) is 6.70. The number of Topliss-reactive ketones (excluding diaryl/α,β-unsaturated/α-hetero) is 1. The molecule has 0 saturated heterocycles. The Labute approximate surface area is 140 Å². The van der Waals surface area contributed by atoms with Gasteiger partial charge in [0.15, 0.2) is 11.5 Å². The van der Waals surface area contributed by atoms with Gasteiger partial charge in [0.05, 0.1) is 16.6 Å². The van der Waals surface area contributed by atoms with Crippen molar-refractivity contribution in [3.05, 3.63) is 39.4 Å². The number of hydrogen-bond donors (Lipinski definition) is 1. The van der Waals surface area contributed by atoms with Gasteiger partial charge in [-0.05, 0) is 12.1 Å². The van der Waals surface area contributed by atoms with Crippen molar-refractivity contribution in [1.82, 2.24) is 0 Å². The third-order valence-corrected chi connectivity index (χ3v) is 2.91. The molecule has 0 aliphatic carbocycles. The highest BCUT2D eigenvalue weighted by atomic mass is 19.4. The summed E-state index contributed by atoms with van der Waals surface area (Å²) in [7, 11) is 0. The van der Waals surface area contributed by atoms with Gasteiger partial charge < -0.3 is 9.84 Å². The Morgan fingerprint density at radius 3 is 2.28 bits per heavy atom. The van der Waals surface area contributed by atoms with Crippen molar-refractivity contribution in [3.8, 4) is 11.8 Å². The number of ether oxygens (including phenoxy) is 1. The third-order valence-electron chi connectivity index (χ3n) is 2.91. The van der Waals surface area contributed by atoms with Gasteiger partial charge in [-0.3, -0.25) is 14.9 Å². The molecule has 25 heavy (non-hydrogen) atoms. The zero-order valence-electron chi connectivity index (χ0n) is 13.3. The summed E-state index contributed by atoms with van der Waals surface area (Å²) in [5.74, 6) is -2.65. The second kappa shape index (κ2) is 6.80. The molecule has 1 aromatic carbocycles. The van der Waals surface area contributed by atoms with Crippen molar-refractivity contribution in [1.29, 1.82) is 5.26 Å². The number of carbonyl (C=O) groups excluding carboxylic acids is 1. The smallest absolute Gasteiger partial charge is 0.506 e. The van der Waals surface area contributed by atoms with Crippen LogP contribution in [0.15, 0.2) is 23.8 Å². The van der Waals surface area contributed by atoms with Gasteiger partial charge in [-0.25, -0.2) is 0 Å². The first-order chi connectivity index (χ1) is 11.3. The average molecular weight is 358 g/mol. The van der Waals surface area contributed by atoms with Crippen LogP contribution in [0.4, 0.5) is 18.9 Å². The highest BCUT2D eigenvalue weighted by Gasteiger charge is 2.33. The number of nitriles is 1. The zero-order valence-corrected chi connectivity index (χ0v) is 13.3. The van der Waals surface area contributed by atoms with Gasteiger partial charge in [-0.15, -0.1) is 13.2 Å². The molecule has 0 atom stereocenters. The van der Waals surface area contributed by atoms with Crippen LogP contribution >= 0.6 is 0 Å². The van der Waals surface area contributed by atoms with Gasteiger partial charge in [0, 0.05) is 5.41 Å². The number of nitrogens with zero attached hydrogens (tertiary/aromatic N) is 2. The summed E-state index contributed by atoms with van der Waals surface area (Å²) in [4.78, 5) is 22.2. The van der Waals surface area contributed by atoms with Gasteiger partial charge in [0.25, 0.3) is 5.69 Å². The highest BCUT2D eigenvalue weighted by Crippen LogP contribution is 2.34. The van der Waals surface area contributed by atoms with Crippen LogP contribution in [0.25, 0.3) is 5.76 Å². The predicted molar refractivity (Wildman–Crippen MR) is 79.4 cm³/mol. The Morgan fingerprint density at radius 2 is 1.88 bits per heavy atom. The van der Waals surface area contributed by atoms with Crippen LogP contribution in [0.3, 0.4) is 0 Å². The minimum atomic E-state index is -5.06. The molecule has 0 aromatic heterocycles. The SMILES string of the molecule is CC(C)(C)C(=O)/C(C#N)=C(\O)c1ccc(OC(F)(F)F)cc1[N+](=O)[O-]. The van der Waals surface area contributed by atoms with Gasteiger partial charge >= 0.3 is 6.36 Å². The molecule has 1 rings (SSSR count). The topological polar surface area (TPSA) is 113 Å². The van der Waals surface area contributed by atoms with Crippen molar-refractivity contribution >= 4 is 17.2 Å². The van der Waals surface area contributed by atoms with Crippen molar-refractivity contribution in [2.75, 3.05) is 0 Å². The predicted octanol–water partition coefficient (Wildman–Crippen LogP) is 3.90. The molecule has 0 fully saturated rings. The molecule has 7 nitrogen and oxygen atoms in total. The lowest BCUT2D eigenvalue weighted by Crippen LogP contribution is -2.22. The van der Waals surface area contributed by atoms with E-state index in [1.807, 2.05) is 0 Å². The number of nitro groups is 1. The number of allylic oxidation sites excluding steroid dienone is 1. The number of ketones is 1. The zero-order chi connectivity index (χ0) is 19.6. The van der Waals surface area contributed by atoms with Crippen molar-refractivity contribution in [3.63, 3.8) is 0 Å². The Kier molecular flexibility index (Phi) is 5.43. The van der Waals surface area contributed by atoms with E-state index >= 15 is 0 Å². The fourth-order valence-electron chi connectivity index (χ4n) is 1.78. The molecule has 0 bridgehead atoms. The Bertz CT molecular complexity index is 786. The molecule has 0 aliphatic heterocycles. The van der Waals surface area contributed by atoms with Crippen LogP contribution in [0.2, 0.25) is 0 Å². The summed E-state index contributed by atoms with van der Waals surface area (Å²) in [6, 6.07) is 3.40. The number of alkyl halides is 3. The van der Waals surface area contributed by atoms with E-state index in [0.29, 0.717) is 6.07 Å². The van der Waals surface area contributed by atoms with Crippen LogP contribution in [0.5, 0.6) is 5.75 Å². The van der Waals surface area contributed by atoms with Crippen molar-refractivity contribution in [2.45, 2.75) is 27.1 Å². The molecule has 134 valence electrons. The minimum Gasteiger partial charge on any atom is -0.506 e. The molecular weight excluding hydrogens is 345 g/mol. The largest absolute Gasteiger partial charge is 0.573 e. The molecule has 0 aliphatic rings. The summed E-state index contributed by atoms with van der Waals surface area (Å²) in [6.45, 7) is 4.40. The summed E-state index contributed by atoms with van der Waals surface area (Å²) in [6.07, 6.45) is -5.06. The molecule has 0 amide bonds. The van der Waals surface area contributed by atoms with Crippen LogP contribution in [0, 0.1) is 26.9 Å². The number of aliphatic hydroxyl groups excluding tert-OH is 1. The maximum Gasteiger partial charge on any atom is 0.573 e. The van der Waals surface area contributed by atoms with Crippen LogP contribution in [-0.2, 0) is 4.79 Å². The van der Waals surface area contributed by atoms with Gasteiger partial charge in [-0.2, -0.15) is 5.26 Å². The first kappa shape index (κ1) is 20.0. The minimum absolute atomic E-state index is 0.440. The Hall–Kier alpha value is -3.09. The number of nitro benzene ring substituents is 1. The molecule has 0 saturated carbocycles. The summed E-state index contributed by atoms with van der Waals surface area (Å²) in [5.41, 5.74) is -3.32. The second-order valence-corrected chi connectivity index (χ2v) is 5.90. The van der Waals surface area contributed by atoms with E-state index in [9.17, 15) is 33.2 Å². The normalized spacial score (nSPS) is 12.8. The lowest BCUT2D eigenvalue weighted by molar-refractivity contribution is -0.385. The Morgan fingerprint density at radius 1 is 1.32 bits per heavy atom. The fraction of sp³-hybridized carbons (Fsp3) is 0.333. The van der Waals surface area contributed by atoms with Crippen LogP contribution < -0.4 is 4.74 Å². The number of benzene rings is 1. The van der Waals surface area contributed by atoms with E-state index in [0.717, 1.165) is 12.1 Å². The molecule has 1 aromatic rings. The molecule has 0 spiro atoms. The van der Waals surface area contributed by atoms with Crippen LogP contribution in [-0.4, -0.2) is 22.2 Å². The lowest BCUT2D eigenvalue weighted by atomic mass is 9.85. The van der Waals surface area contributed by atoms with E-state index in [-0.39, 0.29) is 0 Å². The molecule has 10 heteroatoms. The number of carbonyl (C=O) groups is 1. The summed E-state index contributed by atoms with van der Waals surface area (Å²) < 4.78 is 40.2. The van der Waals surface area contributed by atoms with Gasteiger partial charge in [0.1, 0.15) is 17.4 Å². The monoisotopic (exact) mass is 358 g/mol. The molecule has 0 unspecified atom stereocenters. The number of rotatable bonds is 4. The molecule has 0 heterocycles. The quantitative estimate of drug-likeness (QED) is 0.287. The highest BCUT2D eigenvalue weighted by molar-refractivity contribution is 6.08. The second-order valence-electron chi connectivity index (χ2n) is 5.90. The van der Waals surface area contributed by atoms with E-state index in [1.54, 1.807) is 0 Å². The standard InChI is InChI=1S/C15H13F3N2O5/c1-14(2,3)13(22)10(7-19)12(21)9-5-4-8(25-15(16,17)18)6-11(9)20(23)24/h4-6,21H,1-3H3/b12-10-. The fourth-order valence-corrected chi connectivity index (χ4v) is 1.78. The van der Waals surface area contributed by atoms with E-state index in [1.165, 1.54) is 26.8 Å². The maximum atomic E-state index is 12.2. The van der Waals surface area contributed by atoms with Gasteiger partial charge in [0.2, 0.25) is 0 Å². The number of aliphatic hydroxyl groups is 1. The molecule has 1 N–H and O–H groups in total.